The Bertz CT molecular complexity index is 9.61. The Morgan fingerprint density at radius 1 is 2.00 bits per heavy atom. The zero-order chi connectivity index (χ0) is 2.71. The van der Waals surface area contributed by atoms with Crippen molar-refractivity contribution in [2.45, 2.75) is 6.92 Å². The molecule has 0 aliphatic carbocycles. The van der Waals surface area contributed by atoms with Crippen LogP contribution in [0, 0.1) is 0 Å². The van der Waals surface area contributed by atoms with Crippen LogP contribution in [0.2, 0.25) is 0 Å². The highest BCUT2D eigenvalue weighted by Crippen LogP contribution is 1.30. The second-order valence-electron chi connectivity index (χ2n) is 0.316. The van der Waals surface area contributed by atoms with Crippen LogP contribution < -0.4 is 6.15 Å². The molecule has 0 radical (unpaired) electrons. The minimum atomic E-state index is 0. The highest BCUT2D eigenvalue weighted by molar-refractivity contribution is 3.84. The predicted octanol–water partition coefficient (Wildman–Crippen LogP) is 0.273. The maximum Gasteiger partial charge on any atom is 1.00 e. The number of aliphatic hydroxyl groups excluding tert-OH is 1. The molecule has 0 rings (SSSR count). The molecule has 0 heterocycles. The summed E-state index contributed by atoms with van der Waals surface area (Å²) in [7, 11) is 0. The molecule has 2 heteroatoms. The Kier molecular flexibility index (Phi) is 28.8. The van der Waals surface area contributed by atoms with E-state index in [1.807, 2.05) is 0 Å². The fourth-order valence-electron chi connectivity index (χ4n) is 0. The Balaban J connectivity index is -0.0000000200. The van der Waals surface area contributed by atoms with Gasteiger partial charge in [0.05, 0.1) is 0 Å². The molecular formula is C2H10NO+. The molecule has 0 fully saturated rings. The zero-order valence-corrected chi connectivity index (χ0v) is 2.86. The highest BCUT2D eigenvalue weighted by Gasteiger charge is 1.34. The van der Waals surface area contributed by atoms with Crippen LogP contribution in [0.15, 0.2) is 0 Å². The van der Waals surface area contributed by atoms with E-state index in [1.165, 1.54) is 0 Å². The first-order valence-electron chi connectivity index (χ1n) is 1.02. The zero-order valence-electron chi connectivity index (χ0n) is 3.86. The van der Waals surface area contributed by atoms with Gasteiger partial charge in [-0.2, -0.15) is 0 Å². The van der Waals surface area contributed by atoms with Crippen molar-refractivity contribution in [2.75, 3.05) is 6.61 Å². The van der Waals surface area contributed by atoms with E-state index >= 15 is 0 Å². The van der Waals surface area contributed by atoms with E-state index in [0.29, 0.717) is 0 Å². The standard InChI is InChI=1S/C2H6O.H3N/c1-2-3;/h3H,2H2,1H3;1H3/p+1. The smallest absolute Gasteiger partial charge is 0.397 e. The minimum absolute atomic E-state index is 0. The Labute approximate surface area is 27.5 Å². The van der Waals surface area contributed by atoms with Crippen molar-refractivity contribution in [1.82, 2.24) is 6.15 Å². The molecule has 0 saturated carbocycles. The predicted molar refractivity (Wildman–Crippen MR) is 18.9 cm³/mol. The summed E-state index contributed by atoms with van der Waals surface area (Å²) in [5, 5.41) is 7.57. The van der Waals surface area contributed by atoms with E-state index in [9.17, 15) is 0 Å². The van der Waals surface area contributed by atoms with Gasteiger partial charge >= 0.3 is 1.43 Å². The van der Waals surface area contributed by atoms with Crippen molar-refractivity contribution in [3.63, 3.8) is 0 Å². The third-order valence-electron chi connectivity index (χ3n) is 0. The monoisotopic (exact) mass is 64.1 g/mol. The van der Waals surface area contributed by atoms with Gasteiger partial charge in [-0.05, 0) is 6.92 Å². The van der Waals surface area contributed by atoms with Gasteiger partial charge < -0.3 is 11.3 Å². The highest BCUT2D eigenvalue weighted by atomic mass is 16.2. The van der Waals surface area contributed by atoms with Crippen LogP contribution in [0.25, 0.3) is 0 Å². The molecule has 2 nitrogen and oxygen atoms in total. The lowest BCUT2D eigenvalue weighted by atomic mass is 10.9. The number of hydrogen-bond donors (Lipinski definition) is 2. The van der Waals surface area contributed by atoms with Gasteiger partial charge in [0.15, 0.2) is 0 Å². The number of hydrogen-bond acceptors (Lipinski definition) is 2. The number of aliphatic hydroxyl groups is 1. The maximum absolute atomic E-state index is 7.57. The molecule has 0 aliphatic heterocycles. The molecule has 0 atom stereocenters. The lowest BCUT2D eigenvalue weighted by molar-refractivity contribution is 0.318. The second-order valence-corrected chi connectivity index (χ2v) is 0.316. The van der Waals surface area contributed by atoms with Crippen molar-refractivity contribution in [3.8, 4) is 0 Å². The van der Waals surface area contributed by atoms with E-state index in [1.54, 1.807) is 6.92 Å². The average Bonchev–Trinajstić information content (AvgIpc) is 0.918. The van der Waals surface area contributed by atoms with Gasteiger partial charge in [-0.15, -0.1) is 0 Å². The van der Waals surface area contributed by atoms with Crippen LogP contribution >= 0.6 is 0 Å². The van der Waals surface area contributed by atoms with E-state index in [-0.39, 0.29) is 14.2 Å². The Morgan fingerprint density at radius 2 is 2.00 bits per heavy atom. The molecular weight excluding hydrogens is 54.0 g/mol. The Morgan fingerprint density at radius 3 is 2.00 bits per heavy atom. The summed E-state index contributed by atoms with van der Waals surface area (Å²) < 4.78 is 0. The molecule has 0 saturated heterocycles. The first-order chi connectivity index (χ1) is 1.41. The topological polar surface area (TPSA) is 55.2 Å². The van der Waals surface area contributed by atoms with Crippen LogP contribution in [0.1, 0.15) is 8.35 Å². The van der Waals surface area contributed by atoms with Crippen molar-refractivity contribution in [3.05, 3.63) is 0 Å². The van der Waals surface area contributed by atoms with Gasteiger partial charge in [0.25, 0.3) is 0 Å². The molecule has 0 bridgehead atoms. The Hall–Kier alpha value is -0.0800. The van der Waals surface area contributed by atoms with Gasteiger partial charge in [0, 0.05) is 6.61 Å². The minimum Gasteiger partial charge on any atom is -0.397 e. The molecule has 0 aromatic rings. The SMILES string of the molecule is CCO.N.[H+]. The summed E-state index contributed by atoms with van der Waals surface area (Å²) in [6.07, 6.45) is 0. The third kappa shape index (κ3) is 254. The van der Waals surface area contributed by atoms with Crippen LogP contribution in [-0.2, 0) is 0 Å². The summed E-state index contributed by atoms with van der Waals surface area (Å²) in [5.74, 6) is 0. The van der Waals surface area contributed by atoms with Gasteiger partial charge in [-0.1, -0.05) is 0 Å². The van der Waals surface area contributed by atoms with Gasteiger partial charge in [0.1, 0.15) is 0 Å². The normalized spacial score (nSPS) is 4.50. The van der Waals surface area contributed by atoms with Crippen LogP contribution in [0.4, 0.5) is 0 Å². The van der Waals surface area contributed by atoms with Crippen molar-refractivity contribution < 1.29 is 6.53 Å². The number of rotatable bonds is 0. The molecule has 0 spiro atoms. The molecule has 0 aromatic carbocycles. The van der Waals surface area contributed by atoms with E-state index in [2.05, 4.69) is 0 Å². The molecule has 0 unspecified atom stereocenters. The molecule has 0 amide bonds. The first-order valence-corrected chi connectivity index (χ1v) is 1.02. The third-order valence-corrected chi connectivity index (χ3v) is 0. The van der Waals surface area contributed by atoms with Crippen LogP contribution in [0.3, 0.4) is 0 Å². The summed E-state index contributed by atoms with van der Waals surface area (Å²) in [6.45, 7) is 1.93. The van der Waals surface area contributed by atoms with E-state index in [4.69, 9.17) is 5.11 Å². The van der Waals surface area contributed by atoms with Crippen molar-refractivity contribution in [1.29, 1.82) is 0 Å². The average molecular weight is 64.1 g/mol. The molecule has 4 heavy (non-hydrogen) atoms. The molecule has 0 aliphatic rings. The molecule has 0 aromatic heterocycles. The lowest BCUT2D eigenvalue weighted by Gasteiger charge is -1.52. The summed E-state index contributed by atoms with van der Waals surface area (Å²) in [5.41, 5.74) is 0. The van der Waals surface area contributed by atoms with Gasteiger partial charge in [0.2, 0.25) is 0 Å². The summed E-state index contributed by atoms with van der Waals surface area (Å²) in [6, 6.07) is 0. The first kappa shape index (κ1) is 9.07. The maximum atomic E-state index is 7.57. The van der Waals surface area contributed by atoms with Gasteiger partial charge in [-0.25, -0.2) is 0 Å². The molecule has 28 valence electrons. The molecule has 4 N–H and O–H groups in total. The van der Waals surface area contributed by atoms with Crippen LogP contribution in [-0.4, -0.2) is 11.7 Å². The van der Waals surface area contributed by atoms with Crippen molar-refractivity contribution in [2.24, 2.45) is 0 Å². The lowest BCUT2D eigenvalue weighted by Crippen LogP contribution is -1.57. The van der Waals surface area contributed by atoms with E-state index in [0.717, 1.165) is 0 Å². The van der Waals surface area contributed by atoms with Gasteiger partial charge in [-0.3, -0.25) is 0 Å². The fraction of sp³-hybridized carbons (Fsp3) is 1.00. The summed E-state index contributed by atoms with van der Waals surface area (Å²) in [4.78, 5) is 0. The quantitative estimate of drug-likeness (QED) is 0.425. The van der Waals surface area contributed by atoms with Crippen LogP contribution in [0.5, 0.6) is 0 Å². The second kappa shape index (κ2) is 12.7. The largest absolute Gasteiger partial charge is 1.00 e. The summed E-state index contributed by atoms with van der Waals surface area (Å²) >= 11 is 0. The van der Waals surface area contributed by atoms with Crippen molar-refractivity contribution >= 4 is 0 Å². The van der Waals surface area contributed by atoms with E-state index < -0.39 is 0 Å². The fourth-order valence-corrected chi connectivity index (χ4v) is 0.